The zero-order valence-electron chi connectivity index (χ0n) is 12.5. The van der Waals surface area contributed by atoms with E-state index in [1.54, 1.807) is 0 Å². The molecule has 0 saturated carbocycles. The molecule has 1 saturated heterocycles. The van der Waals surface area contributed by atoms with Gasteiger partial charge in [0.05, 0.1) is 12.5 Å². The molecule has 7 nitrogen and oxygen atoms in total. The Morgan fingerprint density at radius 1 is 1.33 bits per heavy atom. The average Bonchev–Trinajstić information content (AvgIpc) is 2.45. The number of anilines is 1. The van der Waals surface area contributed by atoms with Crippen LogP contribution in [0.2, 0.25) is 0 Å². The van der Waals surface area contributed by atoms with Crippen molar-refractivity contribution in [2.24, 2.45) is 0 Å². The molecule has 1 aromatic rings. The summed E-state index contributed by atoms with van der Waals surface area (Å²) < 4.78 is 5.58. The summed E-state index contributed by atoms with van der Waals surface area (Å²) in [6.45, 7) is 7.88. The number of carboxylic acid groups (broad SMARTS) is 1. The highest BCUT2D eigenvalue weighted by Crippen LogP contribution is 2.18. The molecule has 116 valence electrons. The second kappa shape index (κ2) is 7.21. The lowest BCUT2D eigenvalue weighted by atomic mass is 10.3. The van der Waals surface area contributed by atoms with Gasteiger partial charge in [0.2, 0.25) is 5.88 Å². The van der Waals surface area contributed by atoms with E-state index in [-0.39, 0.29) is 12.5 Å². The minimum Gasteiger partial charge on any atom is -0.481 e. The van der Waals surface area contributed by atoms with Crippen LogP contribution in [0.25, 0.3) is 0 Å². The predicted molar refractivity (Wildman–Crippen MR) is 78.7 cm³/mol. The fourth-order valence-corrected chi connectivity index (χ4v) is 2.26. The highest BCUT2D eigenvalue weighted by molar-refractivity contribution is 5.66. The van der Waals surface area contributed by atoms with Crippen LogP contribution in [0, 0.1) is 0 Å². The molecule has 1 N–H and O–H groups in total. The SMILES string of the molecule is CC(C)Oc1cc(N2CCN(CCC(=O)O)CC2)ncn1. The number of ether oxygens (including phenoxy) is 1. The number of aliphatic carboxylic acids is 1. The van der Waals surface area contributed by atoms with E-state index in [1.807, 2.05) is 19.9 Å². The Balaban J connectivity index is 1.88. The van der Waals surface area contributed by atoms with Crippen LogP contribution in [0.3, 0.4) is 0 Å². The molecule has 21 heavy (non-hydrogen) atoms. The first kappa shape index (κ1) is 15.5. The second-order valence-electron chi connectivity index (χ2n) is 5.35. The molecule has 0 bridgehead atoms. The molecular weight excluding hydrogens is 272 g/mol. The van der Waals surface area contributed by atoms with Gasteiger partial charge in [-0.25, -0.2) is 9.97 Å². The van der Waals surface area contributed by atoms with E-state index in [0.717, 1.165) is 32.0 Å². The van der Waals surface area contributed by atoms with Crippen LogP contribution in [-0.2, 0) is 4.79 Å². The summed E-state index contributed by atoms with van der Waals surface area (Å²) in [5.41, 5.74) is 0. The number of hydrogen-bond donors (Lipinski definition) is 1. The number of aromatic nitrogens is 2. The van der Waals surface area contributed by atoms with Gasteiger partial charge in [-0.05, 0) is 13.8 Å². The lowest BCUT2D eigenvalue weighted by Gasteiger charge is -2.35. The summed E-state index contributed by atoms with van der Waals surface area (Å²) in [7, 11) is 0. The van der Waals surface area contributed by atoms with Gasteiger partial charge >= 0.3 is 5.97 Å². The van der Waals surface area contributed by atoms with E-state index in [0.29, 0.717) is 12.4 Å². The first-order chi connectivity index (χ1) is 10.0. The number of carboxylic acids is 1. The largest absolute Gasteiger partial charge is 0.481 e. The Morgan fingerprint density at radius 3 is 2.67 bits per heavy atom. The first-order valence-corrected chi connectivity index (χ1v) is 7.22. The minimum absolute atomic E-state index is 0.0839. The van der Waals surface area contributed by atoms with E-state index < -0.39 is 5.97 Å². The maximum atomic E-state index is 10.6. The lowest BCUT2D eigenvalue weighted by Crippen LogP contribution is -2.47. The van der Waals surface area contributed by atoms with Gasteiger partial charge in [-0.3, -0.25) is 9.69 Å². The van der Waals surface area contributed by atoms with Crippen molar-refractivity contribution in [1.82, 2.24) is 14.9 Å². The molecule has 1 aliphatic heterocycles. The van der Waals surface area contributed by atoms with Gasteiger partial charge in [0.15, 0.2) is 0 Å². The average molecular weight is 294 g/mol. The van der Waals surface area contributed by atoms with E-state index in [2.05, 4.69) is 19.8 Å². The summed E-state index contributed by atoms with van der Waals surface area (Å²) >= 11 is 0. The van der Waals surface area contributed by atoms with Crippen LogP contribution >= 0.6 is 0 Å². The summed E-state index contributed by atoms with van der Waals surface area (Å²) in [5.74, 6) is 0.700. The third-order valence-corrected chi connectivity index (χ3v) is 3.32. The van der Waals surface area contributed by atoms with Crippen LogP contribution in [0.15, 0.2) is 12.4 Å². The quantitative estimate of drug-likeness (QED) is 0.833. The normalized spacial score (nSPS) is 16.2. The minimum atomic E-state index is -0.747. The molecule has 2 rings (SSSR count). The summed E-state index contributed by atoms with van der Waals surface area (Å²) in [6, 6.07) is 1.85. The molecular formula is C14H22N4O3. The van der Waals surface area contributed by atoms with Gasteiger partial charge in [-0.2, -0.15) is 0 Å². The number of piperazine rings is 1. The maximum absolute atomic E-state index is 10.6. The third-order valence-electron chi connectivity index (χ3n) is 3.32. The molecule has 0 radical (unpaired) electrons. The zero-order valence-corrected chi connectivity index (χ0v) is 12.5. The molecule has 0 amide bonds. The number of nitrogens with zero attached hydrogens (tertiary/aromatic N) is 4. The second-order valence-corrected chi connectivity index (χ2v) is 5.35. The standard InChI is InChI=1S/C14H22N4O3/c1-11(2)21-13-9-12(15-10-16-13)18-7-5-17(6-8-18)4-3-14(19)20/h9-11H,3-8H2,1-2H3,(H,19,20). The van der Waals surface area contributed by atoms with Gasteiger partial charge in [-0.15, -0.1) is 0 Å². The molecule has 7 heteroatoms. The van der Waals surface area contributed by atoms with Gasteiger partial charge in [0.25, 0.3) is 0 Å². The number of rotatable bonds is 6. The Hall–Kier alpha value is -1.89. The molecule has 2 heterocycles. The van der Waals surface area contributed by atoms with E-state index >= 15 is 0 Å². The smallest absolute Gasteiger partial charge is 0.304 e. The van der Waals surface area contributed by atoms with Crippen molar-refractivity contribution in [3.8, 4) is 5.88 Å². The van der Waals surface area contributed by atoms with E-state index in [4.69, 9.17) is 9.84 Å². The van der Waals surface area contributed by atoms with Crippen LogP contribution in [-0.4, -0.2) is 64.8 Å². The van der Waals surface area contributed by atoms with Crippen molar-refractivity contribution in [2.45, 2.75) is 26.4 Å². The predicted octanol–water partition coefficient (Wildman–Crippen LogP) is 0.860. The van der Waals surface area contributed by atoms with Crippen LogP contribution in [0.4, 0.5) is 5.82 Å². The first-order valence-electron chi connectivity index (χ1n) is 7.22. The summed E-state index contributed by atoms with van der Waals surface area (Å²) in [4.78, 5) is 23.3. The van der Waals surface area contributed by atoms with Crippen molar-refractivity contribution in [3.63, 3.8) is 0 Å². The maximum Gasteiger partial charge on any atom is 0.304 e. The topological polar surface area (TPSA) is 78.8 Å². The molecule has 1 aromatic heterocycles. The zero-order chi connectivity index (χ0) is 15.2. The van der Waals surface area contributed by atoms with Gasteiger partial charge in [0, 0.05) is 38.8 Å². The number of hydrogen-bond acceptors (Lipinski definition) is 6. The molecule has 0 aromatic carbocycles. The third kappa shape index (κ3) is 4.86. The molecule has 1 fully saturated rings. The Morgan fingerprint density at radius 2 is 2.05 bits per heavy atom. The van der Waals surface area contributed by atoms with Crippen molar-refractivity contribution in [3.05, 3.63) is 12.4 Å². The lowest BCUT2D eigenvalue weighted by molar-refractivity contribution is -0.137. The summed E-state index contributed by atoms with van der Waals surface area (Å²) in [5, 5.41) is 8.71. The monoisotopic (exact) mass is 294 g/mol. The molecule has 0 aliphatic carbocycles. The Kier molecular flexibility index (Phi) is 5.32. The summed E-state index contributed by atoms with van der Waals surface area (Å²) in [6.07, 6.45) is 1.80. The van der Waals surface area contributed by atoms with E-state index in [9.17, 15) is 4.79 Å². The van der Waals surface area contributed by atoms with Gasteiger partial charge in [0.1, 0.15) is 12.1 Å². The highest BCUT2D eigenvalue weighted by atomic mass is 16.5. The van der Waals surface area contributed by atoms with Gasteiger partial charge in [-0.1, -0.05) is 0 Å². The molecule has 0 spiro atoms. The van der Waals surface area contributed by atoms with Crippen molar-refractivity contribution >= 4 is 11.8 Å². The fourth-order valence-electron chi connectivity index (χ4n) is 2.26. The van der Waals surface area contributed by atoms with Crippen molar-refractivity contribution < 1.29 is 14.6 Å². The van der Waals surface area contributed by atoms with Crippen LogP contribution in [0.5, 0.6) is 5.88 Å². The molecule has 0 unspecified atom stereocenters. The fraction of sp³-hybridized carbons (Fsp3) is 0.643. The number of carbonyl (C=O) groups is 1. The van der Waals surface area contributed by atoms with Gasteiger partial charge < -0.3 is 14.7 Å². The Labute approximate surface area is 124 Å². The van der Waals surface area contributed by atoms with Crippen LogP contribution < -0.4 is 9.64 Å². The van der Waals surface area contributed by atoms with Crippen molar-refractivity contribution in [2.75, 3.05) is 37.6 Å². The Bertz CT molecular complexity index is 473. The molecule has 1 aliphatic rings. The van der Waals surface area contributed by atoms with Crippen molar-refractivity contribution in [1.29, 1.82) is 0 Å². The van der Waals surface area contributed by atoms with E-state index in [1.165, 1.54) is 6.33 Å². The highest BCUT2D eigenvalue weighted by Gasteiger charge is 2.19. The van der Waals surface area contributed by atoms with Crippen LogP contribution in [0.1, 0.15) is 20.3 Å². The molecule has 0 atom stereocenters.